The van der Waals surface area contributed by atoms with Gasteiger partial charge in [-0.2, -0.15) is 11.3 Å². The fraction of sp³-hybridized carbons (Fsp3) is 0.105. The maximum Gasteiger partial charge on any atom is 0.287 e. The van der Waals surface area contributed by atoms with E-state index in [1.54, 1.807) is 17.4 Å². The second-order valence-electron chi connectivity index (χ2n) is 5.59. The SMILES string of the molecule is O=C(NCc1ccc([C@@H](O)c2ccsc2)s1)c1cc2ccccc2o1. The summed E-state index contributed by atoms with van der Waals surface area (Å²) in [6.45, 7) is 0.400. The van der Waals surface area contributed by atoms with Gasteiger partial charge < -0.3 is 14.8 Å². The summed E-state index contributed by atoms with van der Waals surface area (Å²) in [7, 11) is 0. The largest absolute Gasteiger partial charge is 0.451 e. The molecular formula is C19H15NO3S2. The van der Waals surface area contributed by atoms with Gasteiger partial charge in [-0.05, 0) is 46.7 Å². The third-order valence-corrected chi connectivity index (χ3v) is 5.72. The molecule has 6 heteroatoms. The molecule has 25 heavy (non-hydrogen) atoms. The Balaban J connectivity index is 1.42. The summed E-state index contributed by atoms with van der Waals surface area (Å²) >= 11 is 3.05. The number of aliphatic hydroxyl groups excluding tert-OH is 1. The number of nitrogens with one attached hydrogen (secondary N) is 1. The lowest BCUT2D eigenvalue weighted by Gasteiger charge is -2.05. The Morgan fingerprint density at radius 3 is 2.88 bits per heavy atom. The van der Waals surface area contributed by atoms with E-state index in [9.17, 15) is 9.90 Å². The number of furan rings is 1. The zero-order valence-electron chi connectivity index (χ0n) is 13.1. The predicted molar refractivity (Wildman–Crippen MR) is 100 cm³/mol. The zero-order chi connectivity index (χ0) is 17.2. The van der Waals surface area contributed by atoms with Gasteiger partial charge in [0.1, 0.15) is 11.7 Å². The van der Waals surface area contributed by atoms with E-state index in [4.69, 9.17) is 4.42 Å². The second kappa shape index (κ2) is 6.84. The van der Waals surface area contributed by atoms with Gasteiger partial charge in [0.15, 0.2) is 5.76 Å². The lowest BCUT2D eigenvalue weighted by Crippen LogP contribution is -2.21. The van der Waals surface area contributed by atoms with Crippen molar-refractivity contribution in [3.05, 3.63) is 80.4 Å². The minimum Gasteiger partial charge on any atom is -0.451 e. The van der Waals surface area contributed by atoms with Crippen LogP contribution in [-0.4, -0.2) is 11.0 Å². The summed E-state index contributed by atoms with van der Waals surface area (Å²) in [5.74, 6) is 0.0563. The van der Waals surface area contributed by atoms with Crippen LogP contribution in [0.15, 0.2) is 63.7 Å². The molecule has 3 heterocycles. The molecule has 0 saturated heterocycles. The van der Waals surface area contributed by atoms with Gasteiger partial charge in [-0.3, -0.25) is 4.79 Å². The van der Waals surface area contributed by atoms with E-state index in [0.717, 1.165) is 20.7 Å². The number of aliphatic hydroxyl groups is 1. The Hall–Kier alpha value is -2.41. The maximum atomic E-state index is 12.3. The van der Waals surface area contributed by atoms with Crippen LogP contribution in [0.25, 0.3) is 11.0 Å². The highest BCUT2D eigenvalue weighted by molar-refractivity contribution is 7.12. The average Bonchev–Trinajstić information content (AvgIpc) is 3.39. The van der Waals surface area contributed by atoms with E-state index in [0.29, 0.717) is 17.9 Å². The Kier molecular flexibility index (Phi) is 4.40. The van der Waals surface area contributed by atoms with Gasteiger partial charge in [-0.15, -0.1) is 11.3 Å². The normalized spacial score (nSPS) is 12.4. The molecule has 0 unspecified atom stereocenters. The van der Waals surface area contributed by atoms with Crippen molar-refractivity contribution < 1.29 is 14.3 Å². The highest BCUT2D eigenvalue weighted by atomic mass is 32.1. The number of carbonyl (C=O) groups excluding carboxylic acids is 1. The van der Waals surface area contributed by atoms with Crippen molar-refractivity contribution in [1.82, 2.24) is 5.32 Å². The molecule has 0 fully saturated rings. The average molecular weight is 369 g/mol. The number of hydrogen-bond donors (Lipinski definition) is 2. The molecular weight excluding hydrogens is 354 g/mol. The van der Waals surface area contributed by atoms with Crippen molar-refractivity contribution in [2.75, 3.05) is 0 Å². The molecule has 1 aromatic carbocycles. The first-order chi connectivity index (χ1) is 12.2. The van der Waals surface area contributed by atoms with E-state index >= 15 is 0 Å². The third kappa shape index (κ3) is 3.37. The van der Waals surface area contributed by atoms with Gasteiger partial charge in [-0.25, -0.2) is 0 Å². The molecule has 0 aliphatic rings. The molecule has 0 spiro atoms. The molecule has 3 aromatic heterocycles. The Labute approximate surface area is 152 Å². The summed E-state index contributed by atoms with van der Waals surface area (Å²) in [5, 5.41) is 18.0. The minimum absolute atomic E-state index is 0.246. The number of fused-ring (bicyclic) bond motifs is 1. The van der Waals surface area contributed by atoms with Crippen LogP contribution >= 0.6 is 22.7 Å². The quantitative estimate of drug-likeness (QED) is 0.542. The monoisotopic (exact) mass is 369 g/mol. The number of thiophene rings is 2. The Morgan fingerprint density at radius 1 is 1.20 bits per heavy atom. The van der Waals surface area contributed by atoms with Gasteiger partial charge in [0.05, 0.1) is 6.54 Å². The summed E-state index contributed by atoms with van der Waals surface area (Å²) in [6.07, 6.45) is -0.615. The Bertz CT molecular complexity index is 968. The summed E-state index contributed by atoms with van der Waals surface area (Å²) in [6, 6.07) is 15.0. The zero-order valence-corrected chi connectivity index (χ0v) is 14.8. The first kappa shape index (κ1) is 16.1. The van der Waals surface area contributed by atoms with Crippen LogP contribution in [0.5, 0.6) is 0 Å². The van der Waals surface area contributed by atoms with Gasteiger partial charge in [0, 0.05) is 15.1 Å². The maximum absolute atomic E-state index is 12.3. The van der Waals surface area contributed by atoms with Crippen molar-refractivity contribution in [3.8, 4) is 0 Å². The van der Waals surface area contributed by atoms with Crippen LogP contribution in [0.4, 0.5) is 0 Å². The minimum atomic E-state index is -0.615. The van der Waals surface area contributed by atoms with E-state index in [1.165, 1.54) is 11.3 Å². The molecule has 126 valence electrons. The van der Waals surface area contributed by atoms with Crippen molar-refractivity contribution in [1.29, 1.82) is 0 Å². The van der Waals surface area contributed by atoms with Crippen LogP contribution in [0.2, 0.25) is 0 Å². The predicted octanol–water partition coefficient (Wildman–Crippen LogP) is 4.57. The van der Waals surface area contributed by atoms with E-state index in [-0.39, 0.29) is 5.91 Å². The van der Waals surface area contributed by atoms with Crippen LogP contribution in [0.3, 0.4) is 0 Å². The van der Waals surface area contributed by atoms with Gasteiger partial charge in [0.2, 0.25) is 0 Å². The molecule has 1 amide bonds. The van der Waals surface area contributed by atoms with Crippen LogP contribution in [-0.2, 0) is 6.54 Å². The van der Waals surface area contributed by atoms with Crippen molar-refractivity contribution in [2.45, 2.75) is 12.6 Å². The molecule has 0 aliphatic heterocycles. The van der Waals surface area contributed by atoms with E-state index in [1.807, 2.05) is 53.2 Å². The lowest BCUT2D eigenvalue weighted by molar-refractivity contribution is 0.0925. The molecule has 2 N–H and O–H groups in total. The molecule has 0 radical (unpaired) electrons. The number of benzene rings is 1. The fourth-order valence-electron chi connectivity index (χ4n) is 2.58. The lowest BCUT2D eigenvalue weighted by atomic mass is 10.2. The number of para-hydroxylation sites is 1. The highest BCUT2D eigenvalue weighted by Crippen LogP contribution is 2.29. The summed E-state index contributed by atoms with van der Waals surface area (Å²) in [4.78, 5) is 14.1. The summed E-state index contributed by atoms with van der Waals surface area (Å²) in [5.41, 5.74) is 1.59. The number of rotatable bonds is 5. The van der Waals surface area contributed by atoms with Crippen LogP contribution in [0.1, 0.15) is 32.0 Å². The molecule has 4 aromatic rings. The summed E-state index contributed by atoms with van der Waals surface area (Å²) < 4.78 is 5.56. The second-order valence-corrected chi connectivity index (χ2v) is 7.57. The standard InChI is InChI=1S/C19H15NO3S2/c21-18(13-7-8-24-11-13)17-6-5-14(25-17)10-20-19(22)16-9-12-3-1-2-4-15(12)23-16/h1-9,11,18,21H,10H2,(H,20,22)/t18-/m0/s1. The van der Waals surface area contributed by atoms with E-state index in [2.05, 4.69) is 5.32 Å². The number of hydrogen-bond acceptors (Lipinski definition) is 5. The molecule has 0 aliphatic carbocycles. The van der Waals surface area contributed by atoms with Crippen molar-refractivity contribution in [3.63, 3.8) is 0 Å². The van der Waals surface area contributed by atoms with Crippen LogP contribution < -0.4 is 5.32 Å². The van der Waals surface area contributed by atoms with Gasteiger partial charge >= 0.3 is 0 Å². The topological polar surface area (TPSA) is 62.5 Å². The highest BCUT2D eigenvalue weighted by Gasteiger charge is 2.15. The molecule has 1 atom stereocenters. The van der Waals surface area contributed by atoms with Crippen LogP contribution in [0, 0.1) is 0 Å². The Morgan fingerprint density at radius 2 is 2.08 bits per heavy atom. The number of carbonyl (C=O) groups is 1. The first-order valence-corrected chi connectivity index (χ1v) is 9.52. The molecule has 4 nitrogen and oxygen atoms in total. The number of amides is 1. The van der Waals surface area contributed by atoms with Crippen molar-refractivity contribution >= 4 is 39.5 Å². The van der Waals surface area contributed by atoms with Gasteiger partial charge in [0.25, 0.3) is 5.91 Å². The fourth-order valence-corrected chi connectivity index (χ4v) is 4.23. The molecule has 0 saturated carbocycles. The molecule has 4 rings (SSSR count). The molecule has 0 bridgehead atoms. The van der Waals surface area contributed by atoms with E-state index < -0.39 is 6.10 Å². The third-order valence-electron chi connectivity index (χ3n) is 3.88. The van der Waals surface area contributed by atoms with Gasteiger partial charge in [-0.1, -0.05) is 18.2 Å². The van der Waals surface area contributed by atoms with Crippen molar-refractivity contribution in [2.24, 2.45) is 0 Å². The smallest absolute Gasteiger partial charge is 0.287 e. The first-order valence-electron chi connectivity index (χ1n) is 7.76.